The Kier molecular flexibility index (Phi) is 5.57. The van der Waals surface area contributed by atoms with Gasteiger partial charge in [0.1, 0.15) is 6.04 Å². The number of anilines is 1. The lowest BCUT2D eigenvalue weighted by molar-refractivity contribution is -0.144. The van der Waals surface area contributed by atoms with E-state index in [9.17, 15) is 14.4 Å². The highest BCUT2D eigenvalue weighted by molar-refractivity contribution is 8.00. The van der Waals surface area contributed by atoms with Crippen LogP contribution in [0.2, 0.25) is 0 Å². The molecule has 0 spiro atoms. The number of carbonyl (C=O) groups excluding carboxylic acids is 3. The summed E-state index contributed by atoms with van der Waals surface area (Å²) in [7, 11) is 0. The third-order valence-electron chi connectivity index (χ3n) is 3.19. The Balaban J connectivity index is 1.96. The van der Waals surface area contributed by atoms with E-state index in [0.717, 1.165) is 0 Å². The van der Waals surface area contributed by atoms with Crippen LogP contribution in [0.5, 0.6) is 0 Å². The number of benzene rings is 1. The van der Waals surface area contributed by atoms with Crippen molar-refractivity contribution >= 4 is 35.2 Å². The van der Waals surface area contributed by atoms with Crippen molar-refractivity contribution in [3.05, 3.63) is 30.3 Å². The highest BCUT2D eigenvalue weighted by Gasteiger charge is 2.40. The molecule has 2 rings (SSSR count). The van der Waals surface area contributed by atoms with Gasteiger partial charge < -0.3 is 10.5 Å². The molecule has 22 heavy (non-hydrogen) atoms. The summed E-state index contributed by atoms with van der Waals surface area (Å²) in [5, 5.41) is -0.506. The Morgan fingerprint density at radius 3 is 2.73 bits per heavy atom. The van der Waals surface area contributed by atoms with E-state index < -0.39 is 17.3 Å². The van der Waals surface area contributed by atoms with Gasteiger partial charge in [0.05, 0.1) is 17.5 Å². The van der Waals surface area contributed by atoms with Gasteiger partial charge in [0.15, 0.2) is 0 Å². The maximum absolute atomic E-state index is 12.4. The summed E-state index contributed by atoms with van der Waals surface area (Å²) in [6.45, 7) is 1.97. The monoisotopic (exact) mass is 322 g/mol. The molecule has 118 valence electrons. The number of hydrogen-bond donors (Lipinski definition) is 1. The second kappa shape index (κ2) is 7.42. The molecule has 2 amide bonds. The standard InChI is InChI=1S/C15H18N2O4S/c1-2-21-15(20)11(16)9-22-12-8-13(18)17(14(12)19)10-6-4-3-5-7-10/h3-7,11-12H,2,8-9,16H2,1H3/t11-,12+/m1/s1. The third kappa shape index (κ3) is 3.66. The van der Waals surface area contributed by atoms with Crippen LogP contribution in [-0.4, -0.2) is 41.4 Å². The van der Waals surface area contributed by atoms with E-state index in [0.29, 0.717) is 5.69 Å². The molecule has 7 heteroatoms. The zero-order valence-corrected chi connectivity index (χ0v) is 13.0. The van der Waals surface area contributed by atoms with E-state index in [2.05, 4.69) is 0 Å². The molecule has 0 aromatic heterocycles. The summed E-state index contributed by atoms with van der Waals surface area (Å²) >= 11 is 1.22. The van der Waals surface area contributed by atoms with Crippen molar-refractivity contribution in [3.63, 3.8) is 0 Å². The lowest BCUT2D eigenvalue weighted by atomic mass is 10.3. The average molecular weight is 322 g/mol. The quantitative estimate of drug-likeness (QED) is 0.619. The highest BCUT2D eigenvalue weighted by Crippen LogP contribution is 2.29. The first kappa shape index (κ1) is 16.5. The molecule has 2 N–H and O–H groups in total. The van der Waals surface area contributed by atoms with Gasteiger partial charge in [-0.25, -0.2) is 4.90 Å². The second-order valence-electron chi connectivity index (χ2n) is 4.79. The first-order chi connectivity index (χ1) is 10.5. The molecule has 1 aliphatic heterocycles. The van der Waals surface area contributed by atoms with Crippen LogP contribution in [0.4, 0.5) is 5.69 Å². The van der Waals surface area contributed by atoms with E-state index >= 15 is 0 Å². The van der Waals surface area contributed by atoms with Gasteiger partial charge in [0, 0.05) is 12.2 Å². The average Bonchev–Trinajstić information content (AvgIpc) is 2.80. The van der Waals surface area contributed by atoms with Gasteiger partial charge in [-0.15, -0.1) is 11.8 Å². The van der Waals surface area contributed by atoms with Crippen LogP contribution in [0.3, 0.4) is 0 Å². The smallest absolute Gasteiger partial charge is 0.323 e. The van der Waals surface area contributed by atoms with Crippen LogP contribution >= 0.6 is 11.8 Å². The van der Waals surface area contributed by atoms with Crippen LogP contribution in [0.25, 0.3) is 0 Å². The molecular weight excluding hydrogens is 304 g/mol. The van der Waals surface area contributed by atoms with Crippen LogP contribution in [0, 0.1) is 0 Å². The van der Waals surface area contributed by atoms with E-state index in [1.54, 1.807) is 31.2 Å². The fourth-order valence-electron chi connectivity index (χ4n) is 2.12. The number of ether oxygens (including phenoxy) is 1. The third-order valence-corrected chi connectivity index (χ3v) is 4.51. The molecule has 1 saturated heterocycles. The number of rotatable bonds is 6. The number of amides is 2. The highest BCUT2D eigenvalue weighted by atomic mass is 32.2. The molecule has 1 fully saturated rings. The van der Waals surface area contributed by atoms with Gasteiger partial charge in [-0.05, 0) is 19.1 Å². The molecule has 0 bridgehead atoms. The zero-order valence-electron chi connectivity index (χ0n) is 12.2. The minimum absolute atomic E-state index is 0.119. The molecule has 1 heterocycles. The lowest BCUT2D eigenvalue weighted by Crippen LogP contribution is -2.36. The largest absolute Gasteiger partial charge is 0.465 e. The van der Waals surface area contributed by atoms with Gasteiger partial charge in [-0.3, -0.25) is 14.4 Å². The van der Waals surface area contributed by atoms with E-state index in [1.165, 1.54) is 16.7 Å². The van der Waals surface area contributed by atoms with Gasteiger partial charge >= 0.3 is 5.97 Å². The normalized spacial score (nSPS) is 19.4. The number of esters is 1. The molecular formula is C15H18N2O4S. The summed E-state index contributed by atoms with van der Waals surface area (Å²) in [6, 6.07) is 8.00. The number of para-hydroxylation sites is 1. The molecule has 0 unspecified atom stereocenters. The second-order valence-corrected chi connectivity index (χ2v) is 6.02. The van der Waals surface area contributed by atoms with E-state index in [4.69, 9.17) is 10.5 Å². The Morgan fingerprint density at radius 1 is 1.41 bits per heavy atom. The van der Waals surface area contributed by atoms with Crippen molar-refractivity contribution in [1.82, 2.24) is 0 Å². The van der Waals surface area contributed by atoms with Gasteiger partial charge in [-0.2, -0.15) is 0 Å². The van der Waals surface area contributed by atoms with Crippen molar-refractivity contribution in [2.45, 2.75) is 24.6 Å². The summed E-state index contributed by atoms with van der Waals surface area (Å²) < 4.78 is 4.82. The minimum Gasteiger partial charge on any atom is -0.465 e. The molecule has 0 saturated carbocycles. The van der Waals surface area contributed by atoms with Crippen molar-refractivity contribution < 1.29 is 19.1 Å². The van der Waals surface area contributed by atoms with Crippen molar-refractivity contribution in [2.24, 2.45) is 5.73 Å². The Labute approximate surface area is 133 Å². The van der Waals surface area contributed by atoms with Crippen molar-refractivity contribution in [3.8, 4) is 0 Å². The van der Waals surface area contributed by atoms with Crippen LogP contribution in [0.15, 0.2) is 30.3 Å². The van der Waals surface area contributed by atoms with Gasteiger partial charge in [0.25, 0.3) is 0 Å². The summed E-state index contributed by atoms with van der Waals surface area (Å²) in [4.78, 5) is 37.0. The van der Waals surface area contributed by atoms with Gasteiger partial charge in [-0.1, -0.05) is 18.2 Å². The van der Waals surface area contributed by atoms with E-state index in [1.807, 2.05) is 6.07 Å². The van der Waals surface area contributed by atoms with Crippen LogP contribution in [-0.2, 0) is 19.1 Å². The van der Waals surface area contributed by atoms with Gasteiger partial charge in [0.2, 0.25) is 11.8 Å². The summed E-state index contributed by atoms with van der Waals surface area (Å²) in [5.74, 6) is -0.757. The first-order valence-electron chi connectivity index (χ1n) is 7.00. The molecule has 0 radical (unpaired) electrons. The molecule has 0 aliphatic carbocycles. The number of nitrogens with zero attached hydrogens (tertiary/aromatic N) is 1. The summed E-state index contributed by atoms with van der Waals surface area (Å²) in [5.41, 5.74) is 6.27. The van der Waals surface area contributed by atoms with E-state index in [-0.39, 0.29) is 30.6 Å². The van der Waals surface area contributed by atoms with Crippen LogP contribution < -0.4 is 10.6 Å². The van der Waals surface area contributed by atoms with Crippen LogP contribution in [0.1, 0.15) is 13.3 Å². The molecule has 1 aliphatic rings. The fraction of sp³-hybridized carbons (Fsp3) is 0.400. The Bertz CT molecular complexity index is 564. The number of thioether (sulfide) groups is 1. The van der Waals surface area contributed by atoms with Crippen molar-refractivity contribution in [1.29, 1.82) is 0 Å². The number of carbonyl (C=O) groups is 3. The Hall–Kier alpha value is -1.86. The topological polar surface area (TPSA) is 89.7 Å². The molecule has 6 nitrogen and oxygen atoms in total. The summed E-state index contributed by atoms with van der Waals surface area (Å²) in [6.07, 6.45) is 0.119. The maximum atomic E-state index is 12.4. The number of nitrogens with two attached hydrogens (primary N) is 1. The minimum atomic E-state index is -0.793. The molecule has 2 atom stereocenters. The zero-order chi connectivity index (χ0) is 16.1. The predicted molar refractivity (Wildman–Crippen MR) is 84.4 cm³/mol. The first-order valence-corrected chi connectivity index (χ1v) is 8.05. The Morgan fingerprint density at radius 2 is 2.09 bits per heavy atom. The molecule has 1 aromatic rings. The van der Waals surface area contributed by atoms with Crippen molar-refractivity contribution in [2.75, 3.05) is 17.3 Å². The SMILES string of the molecule is CCOC(=O)[C@H](N)CS[C@H]1CC(=O)N(c2ccccc2)C1=O. The number of hydrogen-bond acceptors (Lipinski definition) is 6. The predicted octanol–water partition coefficient (Wildman–Crippen LogP) is 0.942. The molecule has 1 aromatic carbocycles. The lowest BCUT2D eigenvalue weighted by Gasteiger charge is -2.15. The maximum Gasteiger partial charge on any atom is 0.323 e. The number of imide groups is 1. The fourth-order valence-corrected chi connectivity index (χ4v) is 3.20.